The molecule has 2 heterocycles. The molecule has 4 heteroatoms. The molecule has 0 spiro atoms. The van der Waals surface area contributed by atoms with Gasteiger partial charge in [0.1, 0.15) is 0 Å². The van der Waals surface area contributed by atoms with E-state index >= 15 is 0 Å². The van der Waals surface area contributed by atoms with Gasteiger partial charge in [0, 0.05) is 27.1 Å². The van der Waals surface area contributed by atoms with Crippen molar-refractivity contribution in [3.05, 3.63) is 151 Å². The minimum atomic E-state index is 0.652. The minimum absolute atomic E-state index is 0.652. The fourth-order valence-electron chi connectivity index (χ4n) is 5.85. The molecule has 2 aromatic heterocycles. The fourth-order valence-corrected chi connectivity index (χ4v) is 6.64. The van der Waals surface area contributed by atoms with Gasteiger partial charge in [0.2, 0.25) is 0 Å². The topological polar surface area (TPSA) is 38.7 Å². The molecule has 8 aromatic rings. The zero-order chi connectivity index (χ0) is 28.6. The van der Waals surface area contributed by atoms with Crippen molar-refractivity contribution in [3.63, 3.8) is 0 Å². The van der Waals surface area contributed by atoms with E-state index in [1.807, 2.05) is 60.7 Å². The molecule has 6 aromatic carbocycles. The molecule has 0 atom stereocenters. The van der Waals surface area contributed by atoms with Crippen LogP contribution in [0.25, 0.3) is 77.3 Å². The SMILES string of the molecule is c1ccc(-c2nc(-c3ccccc3)nc(-c3ccc4c(c3)c(-c3ccccc3)c(-c3cccs3)c3ccccc34)n2)cc1. The summed E-state index contributed by atoms with van der Waals surface area (Å²) in [5.41, 5.74) is 6.53. The molecule has 0 saturated heterocycles. The predicted octanol–water partition coefficient (Wildman–Crippen LogP) is 10.6. The van der Waals surface area contributed by atoms with E-state index in [0.29, 0.717) is 17.5 Å². The third-order valence-corrected chi connectivity index (χ3v) is 8.70. The van der Waals surface area contributed by atoms with Gasteiger partial charge in [-0.25, -0.2) is 15.0 Å². The number of hydrogen-bond donors (Lipinski definition) is 0. The van der Waals surface area contributed by atoms with Crippen molar-refractivity contribution in [2.45, 2.75) is 0 Å². The lowest BCUT2D eigenvalue weighted by atomic mass is 9.86. The van der Waals surface area contributed by atoms with Gasteiger partial charge >= 0.3 is 0 Å². The Hall–Kier alpha value is -5.45. The lowest BCUT2D eigenvalue weighted by Gasteiger charge is -2.18. The Morgan fingerprint density at radius 3 is 1.44 bits per heavy atom. The summed E-state index contributed by atoms with van der Waals surface area (Å²) in [4.78, 5) is 16.2. The van der Waals surface area contributed by atoms with Crippen molar-refractivity contribution in [1.29, 1.82) is 0 Å². The molecule has 43 heavy (non-hydrogen) atoms. The van der Waals surface area contributed by atoms with Crippen LogP contribution < -0.4 is 0 Å². The molecule has 0 aliphatic heterocycles. The minimum Gasteiger partial charge on any atom is -0.208 e. The summed E-state index contributed by atoms with van der Waals surface area (Å²) in [6, 6.07) is 50.7. The van der Waals surface area contributed by atoms with Crippen molar-refractivity contribution in [2.75, 3.05) is 0 Å². The third-order valence-electron chi connectivity index (χ3n) is 7.81. The summed E-state index contributed by atoms with van der Waals surface area (Å²) in [6.45, 7) is 0. The highest BCUT2D eigenvalue weighted by atomic mass is 32.1. The number of fused-ring (bicyclic) bond motifs is 3. The molecule has 202 valence electrons. The van der Waals surface area contributed by atoms with Crippen LogP contribution in [-0.4, -0.2) is 15.0 Å². The van der Waals surface area contributed by atoms with Gasteiger partial charge in [0.15, 0.2) is 17.5 Å². The van der Waals surface area contributed by atoms with E-state index in [0.717, 1.165) is 16.7 Å². The summed E-state index contributed by atoms with van der Waals surface area (Å²) in [7, 11) is 0. The number of thiophene rings is 1. The average molecular weight is 568 g/mol. The molecule has 0 saturated carbocycles. The predicted molar refractivity (Wildman–Crippen MR) is 180 cm³/mol. The van der Waals surface area contributed by atoms with Crippen LogP contribution in [0.5, 0.6) is 0 Å². The van der Waals surface area contributed by atoms with Crippen molar-refractivity contribution in [3.8, 4) is 55.7 Å². The van der Waals surface area contributed by atoms with Gasteiger partial charge in [-0.15, -0.1) is 11.3 Å². The first kappa shape index (κ1) is 25.3. The largest absolute Gasteiger partial charge is 0.208 e. The van der Waals surface area contributed by atoms with Crippen molar-refractivity contribution in [1.82, 2.24) is 15.0 Å². The van der Waals surface area contributed by atoms with Gasteiger partial charge in [-0.3, -0.25) is 0 Å². The van der Waals surface area contributed by atoms with Gasteiger partial charge in [-0.2, -0.15) is 0 Å². The molecule has 8 rings (SSSR count). The fraction of sp³-hybridized carbons (Fsp3) is 0. The van der Waals surface area contributed by atoms with E-state index in [-0.39, 0.29) is 0 Å². The summed E-state index contributed by atoms with van der Waals surface area (Å²) in [6.07, 6.45) is 0. The van der Waals surface area contributed by atoms with Crippen LogP contribution in [0.15, 0.2) is 151 Å². The number of benzene rings is 6. The average Bonchev–Trinajstić information content (AvgIpc) is 3.63. The molecule has 0 radical (unpaired) electrons. The second-order valence-corrected chi connectivity index (χ2v) is 11.4. The van der Waals surface area contributed by atoms with Gasteiger partial charge < -0.3 is 0 Å². The molecular formula is C39H25N3S. The number of aromatic nitrogens is 3. The zero-order valence-electron chi connectivity index (χ0n) is 23.2. The summed E-state index contributed by atoms with van der Waals surface area (Å²) < 4.78 is 0. The first-order valence-corrected chi connectivity index (χ1v) is 15.2. The molecule has 0 fully saturated rings. The van der Waals surface area contributed by atoms with Crippen molar-refractivity contribution >= 4 is 32.9 Å². The molecule has 0 amide bonds. The highest BCUT2D eigenvalue weighted by Gasteiger charge is 2.20. The first-order valence-electron chi connectivity index (χ1n) is 14.3. The highest BCUT2D eigenvalue weighted by molar-refractivity contribution is 7.13. The van der Waals surface area contributed by atoms with Crippen LogP contribution in [0.3, 0.4) is 0 Å². The summed E-state index contributed by atoms with van der Waals surface area (Å²) in [5.74, 6) is 1.97. The highest BCUT2D eigenvalue weighted by Crippen LogP contribution is 2.46. The van der Waals surface area contributed by atoms with Crippen molar-refractivity contribution in [2.24, 2.45) is 0 Å². The summed E-state index contributed by atoms with van der Waals surface area (Å²) in [5, 5.41) is 7.02. The molecule has 0 unspecified atom stereocenters. The van der Waals surface area contributed by atoms with E-state index in [2.05, 4.69) is 90.3 Å². The maximum Gasteiger partial charge on any atom is 0.164 e. The zero-order valence-corrected chi connectivity index (χ0v) is 24.0. The lowest BCUT2D eigenvalue weighted by Crippen LogP contribution is -2.00. The Morgan fingerprint density at radius 2 is 0.860 bits per heavy atom. The van der Waals surface area contributed by atoms with Crippen LogP contribution in [-0.2, 0) is 0 Å². The summed E-state index contributed by atoms with van der Waals surface area (Å²) >= 11 is 1.78. The maximum absolute atomic E-state index is 5.02. The van der Waals surface area contributed by atoms with Gasteiger partial charge in [0.25, 0.3) is 0 Å². The Bertz CT molecular complexity index is 2150. The Balaban J connectivity index is 1.44. The van der Waals surface area contributed by atoms with Crippen LogP contribution in [0.2, 0.25) is 0 Å². The van der Waals surface area contributed by atoms with Crippen LogP contribution in [0.1, 0.15) is 0 Å². The molecule has 0 bridgehead atoms. The Morgan fingerprint density at radius 1 is 0.349 bits per heavy atom. The molecule has 0 aliphatic rings. The normalized spacial score (nSPS) is 11.3. The van der Waals surface area contributed by atoms with E-state index in [1.165, 1.54) is 43.1 Å². The van der Waals surface area contributed by atoms with Crippen molar-refractivity contribution < 1.29 is 0 Å². The van der Waals surface area contributed by atoms with Crippen LogP contribution >= 0.6 is 11.3 Å². The van der Waals surface area contributed by atoms with E-state index in [9.17, 15) is 0 Å². The molecule has 0 N–H and O–H groups in total. The van der Waals surface area contributed by atoms with Gasteiger partial charge in [0.05, 0.1) is 0 Å². The maximum atomic E-state index is 5.02. The van der Waals surface area contributed by atoms with Gasteiger partial charge in [-0.05, 0) is 50.2 Å². The number of nitrogens with zero attached hydrogens (tertiary/aromatic N) is 3. The monoisotopic (exact) mass is 567 g/mol. The quantitative estimate of drug-likeness (QED) is 0.194. The molecule has 3 nitrogen and oxygen atoms in total. The first-order chi connectivity index (χ1) is 21.3. The van der Waals surface area contributed by atoms with Crippen LogP contribution in [0, 0.1) is 0 Å². The standard InChI is InChI=1S/C39H25N3S/c1-4-13-26(14-5-1)35-33-25-29(22-23-31(33)30-19-10-11-20-32(30)36(35)34-21-12-24-43-34)39-41-37(27-15-6-2-7-16-27)40-38(42-39)28-17-8-3-9-18-28/h1-25H. The molecular weight excluding hydrogens is 543 g/mol. The smallest absolute Gasteiger partial charge is 0.164 e. The lowest BCUT2D eigenvalue weighted by molar-refractivity contribution is 1.07. The Labute approximate surface area is 253 Å². The van der Waals surface area contributed by atoms with Gasteiger partial charge in [-0.1, -0.05) is 133 Å². The number of hydrogen-bond acceptors (Lipinski definition) is 4. The van der Waals surface area contributed by atoms with E-state index in [4.69, 9.17) is 15.0 Å². The second-order valence-electron chi connectivity index (χ2n) is 10.4. The van der Waals surface area contributed by atoms with Crippen LogP contribution in [0.4, 0.5) is 0 Å². The van der Waals surface area contributed by atoms with E-state index in [1.54, 1.807) is 11.3 Å². The number of rotatable bonds is 5. The third kappa shape index (κ3) is 4.58. The Kier molecular flexibility index (Phi) is 6.32. The van der Waals surface area contributed by atoms with E-state index < -0.39 is 0 Å². The molecule has 0 aliphatic carbocycles. The second kappa shape index (κ2) is 10.8.